The van der Waals surface area contributed by atoms with Gasteiger partial charge in [-0.25, -0.2) is 0 Å². The number of hydrogen-bond donors (Lipinski definition) is 2. The third kappa shape index (κ3) is 5.66. The van der Waals surface area contributed by atoms with Crippen molar-refractivity contribution in [3.63, 3.8) is 0 Å². The summed E-state index contributed by atoms with van der Waals surface area (Å²) in [6, 6.07) is 7.33. The monoisotopic (exact) mass is 384 g/mol. The van der Waals surface area contributed by atoms with Gasteiger partial charge < -0.3 is 10.6 Å². The maximum absolute atomic E-state index is 12.6. The van der Waals surface area contributed by atoms with Crippen LogP contribution < -0.4 is 10.6 Å². The highest BCUT2D eigenvalue weighted by atomic mass is 16.2. The van der Waals surface area contributed by atoms with E-state index in [1.54, 1.807) is 24.3 Å². The maximum Gasteiger partial charge on any atom is 0.227 e. The molecule has 0 unspecified atom stereocenters. The molecule has 2 fully saturated rings. The predicted molar refractivity (Wildman–Crippen MR) is 110 cm³/mol. The van der Waals surface area contributed by atoms with Gasteiger partial charge >= 0.3 is 0 Å². The number of anilines is 1. The summed E-state index contributed by atoms with van der Waals surface area (Å²) in [5.74, 6) is 0.207. The molecule has 2 aliphatic rings. The lowest BCUT2D eigenvalue weighted by Crippen LogP contribution is -2.40. The summed E-state index contributed by atoms with van der Waals surface area (Å²) in [5, 5.41) is 6.20. The van der Waals surface area contributed by atoms with E-state index in [1.165, 1.54) is 32.6 Å². The van der Waals surface area contributed by atoms with Crippen molar-refractivity contribution in [3.05, 3.63) is 29.8 Å². The second-order valence-corrected chi connectivity index (χ2v) is 8.37. The highest BCUT2D eigenvalue weighted by Gasteiger charge is 2.30. The molecule has 0 heterocycles. The average Bonchev–Trinajstić information content (AvgIpc) is 2.97. The lowest BCUT2D eigenvalue weighted by Gasteiger charge is -2.28. The molecule has 1 aromatic carbocycles. The van der Waals surface area contributed by atoms with E-state index in [4.69, 9.17) is 0 Å². The molecular weight excluding hydrogens is 352 g/mol. The lowest BCUT2D eigenvalue weighted by atomic mass is 9.81. The van der Waals surface area contributed by atoms with Crippen molar-refractivity contribution in [2.24, 2.45) is 11.8 Å². The van der Waals surface area contributed by atoms with Gasteiger partial charge in [0.15, 0.2) is 5.78 Å². The van der Waals surface area contributed by atoms with Gasteiger partial charge in [0, 0.05) is 29.1 Å². The minimum atomic E-state index is -0.0468. The van der Waals surface area contributed by atoms with Crippen LogP contribution in [0, 0.1) is 11.8 Å². The summed E-state index contributed by atoms with van der Waals surface area (Å²) in [6.07, 6.45) is 10.3. The Morgan fingerprint density at radius 3 is 1.82 bits per heavy atom. The molecule has 5 nitrogen and oxygen atoms in total. The summed E-state index contributed by atoms with van der Waals surface area (Å²) in [7, 11) is 0. The molecule has 2 amide bonds. The van der Waals surface area contributed by atoms with Crippen LogP contribution in [0.15, 0.2) is 24.3 Å². The molecule has 0 spiro atoms. The second-order valence-electron chi connectivity index (χ2n) is 8.37. The third-order valence-electron chi connectivity index (χ3n) is 6.23. The van der Waals surface area contributed by atoms with E-state index in [9.17, 15) is 14.4 Å². The molecular formula is C23H32N2O3. The Labute approximate surface area is 167 Å². The summed E-state index contributed by atoms with van der Waals surface area (Å²) in [6.45, 7) is 1.53. The molecule has 2 aliphatic carbocycles. The molecule has 152 valence electrons. The first-order chi connectivity index (χ1) is 13.5. The van der Waals surface area contributed by atoms with E-state index in [0.717, 1.165) is 38.5 Å². The Balaban J connectivity index is 1.44. The molecule has 2 saturated carbocycles. The van der Waals surface area contributed by atoms with Gasteiger partial charge in [0.25, 0.3) is 0 Å². The quantitative estimate of drug-likeness (QED) is 0.581. The van der Waals surface area contributed by atoms with Gasteiger partial charge in [-0.05, 0) is 69.7 Å². The van der Waals surface area contributed by atoms with Gasteiger partial charge in [0.1, 0.15) is 0 Å². The van der Waals surface area contributed by atoms with E-state index in [1.807, 2.05) is 0 Å². The van der Waals surface area contributed by atoms with E-state index >= 15 is 0 Å². The number of nitrogens with one attached hydrogen (secondary N) is 2. The van der Waals surface area contributed by atoms with Crippen LogP contribution in [0.3, 0.4) is 0 Å². The predicted octanol–water partition coefficient (Wildman–Crippen LogP) is 4.47. The molecule has 0 atom stereocenters. The number of rotatable bonds is 5. The Hall–Kier alpha value is -2.17. The number of Topliss-reactive ketones (excluding diaryl/α,β-unsaturated/α-hetero) is 1. The van der Waals surface area contributed by atoms with Crippen molar-refractivity contribution < 1.29 is 14.4 Å². The fourth-order valence-corrected chi connectivity index (χ4v) is 4.39. The molecule has 5 heteroatoms. The number of amides is 2. The van der Waals surface area contributed by atoms with Crippen LogP contribution >= 0.6 is 0 Å². The molecule has 28 heavy (non-hydrogen) atoms. The van der Waals surface area contributed by atoms with Crippen molar-refractivity contribution in [1.29, 1.82) is 0 Å². The van der Waals surface area contributed by atoms with Gasteiger partial charge in [-0.3, -0.25) is 14.4 Å². The van der Waals surface area contributed by atoms with Gasteiger partial charge in [0.2, 0.25) is 11.8 Å². The summed E-state index contributed by atoms with van der Waals surface area (Å²) in [4.78, 5) is 36.5. The van der Waals surface area contributed by atoms with Gasteiger partial charge in [-0.15, -0.1) is 0 Å². The van der Waals surface area contributed by atoms with Gasteiger partial charge in [0.05, 0.1) is 0 Å². The molecule has 3 rings (SSSR count). The molecule has 1 aromatic rings. The molecule has 0 aliphatic heterocycles. The zero-order valence-corrected chi connectivity index (χ0v) is 16.8. The van der Waals surface area contributed by atoms with Crippen molar-refractivity contribution in [1.82, 2.24) is 5.32 Å². The standard InChI is InChI=1S/C23H32N2O3/c1-16(26)17-12-14-21(15-13-17)25-23(28)19-10-8-18(9-11-19)22(27)24-20-6-4-2-3-5-7-20/h12-15,18-20H,2-11H2,1H3,(H,24,27)(H,25,28). The molecule has 0 bridgehead atoms. The van der Waals surface area contributed by atoms with Gasteiger partial charge in [-0.1, -0.05) is 25.7 Å². The number of carbonyl (C=O) groups excluding carboxylic acids is 3. The number of benzene rings is 1. The second kappa shape index (κ2) is 9.85. The van der Waals surface area contributed by atoms with Crippen LogP contribution in [0.2, 0.25) is 0 Å². The topological polar surface area (TPSA) is 75.3 Å². The van der Waals surface area contributed by atoms with E-state index < -0.39 is 0 Å². The molecule has 0 radical (unpaired) electrons. The normalized spacial score (nSPS) is 23.5. The van der Waals surface area contributed by atoms with Crippen molar-refractivity contribution in [3.8, 4) is 0 Å². The highest BCUT2D eigenvalue weighted by Crippen LogP contribution is 2.30. The Morgan fingerprint density at radius 2 is 1.29 bits per heavy atom. The Bertz CT molecular complexity index is 682. The minimum absolute atomic E-state index is 0.0122. The van der Waals surface area contributed by atoms with Gasteiger partial charge in [-0.2, -0.15) is 0 Å². The fourth-order valence-electron chi connectivity index (χ4n) is 4.39. The average molecular weight is 385 g/mol. The number of ketones is 1. The highest BCUT2D eigenvalue weighted by molar-refractivity contribution is 5.96. The largest absolute Gasteiger partial charge is 0.353 e. The van der Waals surface area contributed by atoms with E-state index in [0.29, 0.717) is 17.3 Å². The van der Waals surface area contributed by atoms with Crippen LogP contribution in [0.4, 0.5) is 5.69 Å². The molecule has 2 N–H and O–H groups in total. The lowest BCUT2D eigenvalue weighted by molar-refractivity contribution is -0.129. The fraction of sp³-hybridized carbons (Fsp3) is 0.609. The first-order valence-electron chi connectivity index (χ1n) is 10.7. The first-order valence-corrected chi connectivity index (χ1v) is 10.7. The number of carbonyl (C=O) groups is 3. The van der Waals surface area contributed by atoms with Crippen molar-refractivity contribution >= 4 is 23.3 Å². The smallest absolute Gasteiger partial charge is 0.227 e. The van der Waals surface area contributed by atoms with Crippen LogP contribution in [-0.4, -0.2) is 23.6 Å². The molecule has 0 saturated heterocycles. The minimum Gasteiger partial charge on any atom is -0.353 e. The Morgan fingerprint density at radius 1 is 0.750 bits per heavy atom. The van der Waals surface area contributed by atoms with Crippen molar-refractivity contribution in [2.45, 2.75) is 77.2 Å². The molecule has 0 aromatic heterocycles. The van der Waals surface area contributed by atoms with Crippen LogP contribution in [0.25, 0.3) is 0 Å². The maximum atomic E-state index is 12.6. The number of hydrogen-bond acceptors (Lipinski definition) is 3. The zero-order chi connectivity index (χ0) is 19.9. The summed E-state index contributed by atoms with van der Waals surface area (Å²) >= 11 is 0. The third-order valence-corrected chi connectivity index (χ3v) is 6.23. The summed E-state index contributed by atoms with van der Waals surface area (Å²) in [5.41, 5.74) is 1.35. The zero-order valence-electron chi connectivity index (χ0n) is 16.8. The van der Waals surface area contributed by atoms with E-state index in [2.05, 4.69) is 10.6 Å². The van der Waals surface area contributed by atoms with Crippen LogP contribution in [0.1, 0.15) is 81.5 Å². The van der Waals surface area contributed by atoms with E-state index in [-0.39, 0.29) is 29.4 Å². The van der Waals surface area contributed by atoms with Crippen molar-refractivity contribution in [2.75, 3.05) is 5.32 Å². The van der Waals surface area contributed by atoms with Crippen LogP contribution in [0.5, 0.6) is 0 Å². The van der Waals surface area contributed by atoms with Crippen LogP contribution in [-0.2, 0) is 9.59 Å². The Kier molecular flexibility index (Phi) is 7.24. The first kappa shape index (κ1) is 20.6. The summed E-state index contributed by atoms with van der Waals surface area (Å²) < 4.78 is 0. The SMILES string of the molecule is CC(=O)c1ccc(NC(=O)C2CCC(C(=O)NC3CCCCCC3)CC2)cc1.